The maximum atomic E-state index is 6.11. The summed E-state index contributed by atoms with van der Waals surface area (Å²) in [7, 11) is 0. The van der Waals surface area contributed by atoms with E-state index in [0.29, 0.717) is 6.61 Å². The molecule has 31 heavy (non-hydrogen) atoms. The zero-order valence-corrected chi connectivity index (χ0v) is 19.4. The second kappa shape index (κ2) is 11.0. The van der Waals surface area contributed by atoms with Gasteiger partial charge in [-0.3, -0.25) is 4.90 Å². The van der Waals surface area contributed by atoms with Crippen LogP contribution in [-0.4, -0.2) is 48.9 Å². The highest BCUT2D eigenvalue weighted by Gasteiger charge is 2.12. The Hall–Kier alpha value is -2.12. The van der Waals surface area contributed by atoms with Crippen LogP contribution in [0.5, 0.6) is 5.75 Å². The van der Waals surface area contributed by atoms with E-state index in [9.17, 15) is 0 Å². The molecule has 0 spiro atoms. The van der Waals surface area contributed by atoms with Gasteiger partial charge in [0.2, 0.25) is 0 Å². The predicted octanol–water partition coefficient (Wildman–Crippen LogP) is 5.22. The third-order valence-corrected chi connectivity index (χ3v) is 6.39. The van der Waals surface area contributed by atoms with Gasteiger partial charge in [0.25, 0.3) is 0 Å². The van der Waals surface area contributed by atoms with E-state index in [1.54, 1.807) is 11.3 Å². The summed E-state index contributed by atoms with van der Waals surface area (Å²) in [5.41, 5.74) is 3.25. The summed E-state index contributed by atoms with van der Waals surface area (Å²) in [5, 5.41) is 2.93. The first kappa shape index (κ1) is 22.1. The molecule has 7 heteroatoms. The molecule has 0 N–H and O–H groups in total. The lowest BCUT2D eigenvalue weighted by atomic mass is 10.2. The van der Waals surface area contributed by atoms with Crippen LogP contribution in [0.1, 0.15) is 13.3 Å². The molecule has 1 fully saturated rings. The van der Waals surface area contributed by atoms with E-state index in [-0.39, 0.29) is 0 Å². The van der Waals surface area contributed by atoms with Crippen LogP contribution < -0.4 is 9.54 Å². The molecule has 0 aliphatic carbocycles. The van der Waals surface area contributed by atoms with Crippen molar-refractivity contribution in [3.63, 3.8) is 0 Å². The molecule has 1 aliphatic rings. The average Bonchev–Trinajstić information content (AvgIpc) is 3.19. The molecule has 3 aromatic rings. The third kappa shape index (κ3) is 5.98. The summed E-state index contributed by atoms with van der Waals surface area (Å²) in [6.07, 6.45) is 1.06. The first-order chi connectivity index (χ1) is 15.2. The van der Waals surface area contributed by atoms with Gasteiger partial charge >= 0.3 is 0 Å². The molecule has 0 bridgehead atoms. The van der Waals surface area contributed by atoms with E-state index in [1.807, 2.05) is 43.3 Å². The number of ether oxygens (including phenoxy) is 2. The highest BCUT2D eigenvalue weighted by atomic mass is 35.5. The van der Waals surface area contributed by atoms with Crippen LogP contribution >= 0.6 is 22.9 Å². The van der Waals surface area contributed by atoms with Crippen LogP contribution in [0.25, 0.3) is 11.3 Å². The van der Waals surface area contributed by atoms with Gasteiger partial charge in [-0.05, 0) is 55.3 Å². The molecule has 5 nitrogen and oxygen atoms in total. The number of hydrogen-bond donors (Lipinski definition) is 0. The summed E-state index contributed by atoms with van der Waals surface area (Å²) in [6, 6.07) is 16.0. The Morgan fingerprint density at radius 3 is 2.48 bits per heavy atom. The van der Waals surface area contributed by atoms with Crippen molar-refractivity contribution in [2.24, 2.45) is 4.99 Å². The number of halogens is 1. The molecule has 1 saturated heterocycles. The zero-order chi connectivity index (χ0) is 21.5. The quantitative estimate of drug-likeness (QED) is 0.465. The Kier molecular flexibility index (Phi) is 7.81. The van der Waals surface area contributed by atoms with Gasteiger partial charge in [-0.1, -0.05) is 23.7 Å². The molecule has 0 atom stereocenters. The Balaban J connectivity index is 1.59. The van der Waals surface area contributed by atoms with Gasteiger partial charge in [-0.2, -0.15) is 0 Å². The molecule has 0 amide bonds. The van der Waals surface area contributed by atoms with Crippen molar-refractivity contribution in [2.75, 3.05) is 39.5 Å². The van der Waals surface area contributed by atoms with Crippen LogP contribution in [0.4, 0.5) is 5.69 Å². The lowest BCUT2D eigenvalue weighted by molar-refractivity contribution is 0.0369. The van der Waals surface area contributed by atoms with Crippen LogP contribution in [-0.2, 0) is 11.3 Å². The summed E-state index contributed by atoms with van der Waals surface area (Å²) in [4.78, 5) is 8.41. The SMILES string of the molecule is CCOc1ccc(N=c2scc(-c3ccc(Cl)cc3)n2CCCN2CCOCC2)cc1. The molecule has 0 unspecified atom stereocenters. The molecule has 1 aliphatic heterocycles. The van der Waals surface area contributed by atoms with Gasteiger partial charge in [0.05, 0.1) is 31.2 Å². The highest BCUT2D eigenvalue weighted by Crippen LogP contribution is 2.24. The summed E-state index contributed by atoms with van der Waals surface area (Å²) >= 11 is 7.78. The van der Waals surface area contributed by atoms with Gasteiger partial charge in [0.1, 0.15) is 5.75 Å². The van der Waals surface area contributed by atoms with Crippen molar-refractivity contribution in [3.8, 4) is 17.0 Å². The third-order valence-electron chi connectivity index (χ3n) is 5.27. The molecular formula is C24H28ClN3O2S. The maximum absolute atomic E-state index is 6.11. The first-order valence-corrected chi connectivity index (χ1v) is 12.0. The van der Waals surface area contributed by atoms with E-state index < -0.39 is 0 Å². The maximum Gasteiger partial charge on any atom is 0.190 e. The number of rotatable bonds is 8. The molecular weight excluding hydrogens is 430 g/mol. The van der Waals surface area contributed by atoms with E-state index in [0.717, 1.165) is 72.6 Å². The Bertz CT molecular complexity index is 1020. The lowest BCUT2D eigenvalue weighted by Crippen LogP contribution is -2.37. The van der Waals surface area contributed by atoms with E-state index in [4.69, 9.17) is 26.1 Å². The molecule has 1 aromatic heterocycles. The number of benzene rings is 2. The van der Waals surface area contributed by atoms with Crippen molar-refractivity contribution in [1.82, 2.24) is 9.47 Å². The van der Waals surface area contributed by atoms with Crippen molar-refractivity contribution in [3.05, 3.63) is 63.7 Å². The minimum Gasteiger partial charge on any atom is -0.494 e. The Morgan fingerprint density at radius 1 is 1.03 bits per heavy atom. The van der Waals surface area contributed by atoms with Gasteiger partial charge in [-0.25, -0.2) is 4.99 Å². The van der Waals surface area contributed by atoms with Crippen LogP contribution in [0.15, 0.2) is 58.9 Å². The monoisotopic (exact) mass is 457 g/mol. The topological polar surface area (TPSA) is 39.0 Å². The van der Waals surface area contributed by atoms with E-state index in [1.165, 1.54) is 5.69 Å². The second-order valence-corrected chi connectivity index (χ2v) is 8.68. The van der Waals surface area contributed by atoms with Gasteiger partial charge in [0, 0.05) is 36.6 Å². The van der Waals surface area contributed by atoms with E-state index in [2.05, 4.69) is 27.0 Å². The Labute approximate surface area is 192 Å². The van der Waals surface area contributed by atoms with Crippen LogP contribution in [0.2, 0.25) is 5.02 Å². The fraction of sp³-hybridized carbons (Fsp3) is 0.375. The minimum atomic E-state index is 0.662. The molecule has 2 aromatic carbocycles. The number of aromatic nitrogens is 1. The number of hydrogen-bond acceptors (Lipinski definition) is 5. The number of thiazole rings is 1. The second-order valence-electron chi connectivity index (χ2n) is 7.41. The van der Waals surface area contributed by atoms with Gasteiger partial charge < -0.3 is 14.0 Å². The lowest BCUT2D eigenvalue weighted by Gasteiger charge is -2.26. The number of morpholine rings is 1. The molecule has 0 radical (unpaired) electrons. The normalized spacial score (nSPS) is 15.4. The zero-order valence-electron chi connectivity index (χ0n) is 17.8. The summed E-state index contributed by atoms with van der Waals surface area (Å²) < 4.78 is 13.3. The van der Waals surface area contributed by atoms with Crippen LogP contribution in [0, 0.1) is 0 Å². The summed E-state index contributed by atoms with van der Waals surface area (Å²) in [5.74, 6) is 0.868. The Morgan fingerprint density at radius 2 is 1.77 bits per heavy atom. The van der Waals surface area contributed by atoms with Crippen molar-refractivity contribution < 1.29 is 9.47 Å². The minimum absolute atomic E-state index is 0.662. The standard InChI is InChI=1S/C24H28ClN3O2S/c1-2-30-22-10-8-21(9-11-22)26-24-28(13-3-12-27-14-16-29-17-15-27)23(18-31-24)19-4-6-20(25)7-5-19/h4-11,18H,2-3,12-17H2,1H3. The largest absolute Gasteiger partial charge is 0.494 e. The predicted molar refractivity (Wildman–Crippen MR) is 127 cm³/mol. The molecule has 2 heterocycles. The summed E-state index contributed by atoms with van der Waals surface area (Å²) in [6.45, 7) is 8.32. The number of nitrogens with zero attached hydrogens (tertiary/aromatic N) is 3. The average molecular weight is 458 g/mol. The fourth-order valence-corrected chi connectivity index (χ4v) is 4.74. The molecule has 4 rings (SSSR count). The first-order valence-electron chi connectivity index (χ1n) is 10.7. The molecule has 0 saturated carbocycles. The fourth-order valence-electron chi connectivity index (χ4n) is 3.66. The van der Waals surface area contributed by atoms with E-state index >= 15 is 0 Å². The van der Waals surface area contributed by atoms with Crippen LogP contribution in [0.3, 0.4) is 0 Å². The van der Waals surface area contributed by atoms with Crippen molar-refractivity contribution in [2.45, 2.75) is 19.9 Å². The molecule has 164 valence electrons. The smallest absolute Gasteiger partial charge is 0.190 e. The highest BCUT2D eigenvalue weighted by molar-refractivity contribution is 7.07. The van der Waals surface area contributed by atoms with Crippen molar-refractivity contribution >= 4 is 28.6 Å². The van der Waals surface area contributed by atoms with Gasteiger partial charge in [-0.15, -0.1) is 11.3 Å². The van der Waals surface area contributed by atoms with Gasteiger partial charge in [0.15, 0.2) is 4.80 Å². The van der Waals surface area contributed by atoms with Crippen molar-refractivity contribution in [1.29, 1.82) is 0 Å².